The Kier molecular flexibility index (Phi) is 6.83. The van der Waals surface area contributed by atoms with Gasteiger partial charge in [-0.25, -0.2) is 0 Å². The maximum Gasteiger partial charge on any atom is 0.222 e. The smallest absolute Gasteiger partial charge is 0.222 e. The van der Waals surface area contributed by atoms with E-state index in [2.05, 4.69) is 65.6 Å². The largest absolute Gasteiger partial charge is 0.340 e. The molecule has 0 radical (unpaired) electrons. The number of hydrogen-bond acceptors (Lipinski definition) is 2. The first-order valence-corrected chi connectivity index (χ1v) is 10.9. The van der Waals surface area contributed by atoms with Crippen LogP contribution in [-0.2, 0) is 11.2 Å². The highest BCUT2D eigenvalue weighted by atomic mass is 35.5. The lowest BCUT2D eigenvalue weighted by atomic mass is 9.96. The SMILES string of the molecule is O=C(CCc1ccc(Cl)cc1)N1CCN(C(c2ccccc2)c2ccccc2)CC1. The quantitative estimate of drug-likeness (QED) is 0.548. The molecule has 1 aliphatic rings. The van der Waals surface area contributed by atoms with Gasteiger partial charge in [-0.3, -0.25) is 9.69 Å². The molecule has 0 unspecified atom stereocenters. The number of carbonyl (C=O) groups is 1. The highest BCUT2D eigenvalue weighted by Crippen LogP contribution is 2.29. The molecule has 3 aromatic carbocycles. The molecule has 1 aliphatic heterocycles. The van der Waals surface area contributed by atoms with E-state index in [0.29, 0.717) is 6.42 Å². The molecule has 30 heavy (non-hydrogen) atoms. The Labute approximate surface area is 183 Å². The van der Waals surface area contributed by atoms with Crippen molar-refractivity contribution in [1.29, 1.82) is 0 Å². The molecule has 1 saturated heterocycles. The zero-order valence-electron chi connectivity index (χ0n) is 17.1. The number of halogens is 1. The van der Waals surface area contributed by atoms with Gasteiger partial charge in [0.05, 0.1) is 6.04 Å². The third-order valence-corrected chi connectivity index (χ3v) is 6.06. The van der Waals surface area contributed by atoms with E-state index in [0.717, 1.165) is 43.2 Å². The van der Waals surface area contributed by atoms with Crippen molar-refractivity contribution >= 4 is 17.5 Å². The van der Waals surface area contributed by atoms with Crippen LogP contribution in [0, 0.1) is 0 Å². The van der Waals surface area contributed by atoms with Gasteiger partial charge in [-0.05, 0) is 35.2 Å². The standard InChI is InChI=1S/C26H27ClN2O/c27-24-14-11-21(12-15-24)13-16-25(30)28-17-19-29(20-18-28)26(22-7-3-1-4-8-22)23-9-5-2-6-10-23/h1-12,14-15,26H,13,16-20H2. The summed E-state index contributed by atoms with van der Waals surface area (Å²) in [6.45, 7) is 3.30. The molecule has 3 nitrogen and oxygen atoms in total. The van der Waals surface area contributed by atoms with E-state index in [9.17, 15) is 4.79 Å². The van der Waals surface area contributed by atoms with Crippen molar-refractivity contribution < 1.29 is 4.79 Å². The Morgan fingerprint density at radius 3 is 1.83 bits per heavy atom. The molecule has 154 valence electrons. The van der Waals surface area contributed by atoms with Crippen LogP contribution in [0.4, 0.5) is 0 Å². The van der Waals surface area contributed by atoms with Crippen LogP contribution in [-0.4, -0.2) is 41.9 Å². The van der Waals surface area contributed by atoms with Gasteiger partial charge >= 0.3 is 0 Å². The number of benzene rings is 3. The zero-order chi connectivity index (χ0) is 20.8. The van der Waals surface area contributed by atoms with Crippen molar-refractivity contribution in [2.75, 3.05) is 26.2 Å². The molecule has 4 rings (SSSR count). The number of rotatable bonds is 6. The van der Waals surface area contributed by atoms with Gasteiger partial charge in [0.15, 0.2) is 0 Å². The Morgan fingerprint density at radius 2 is 1.30 bits per heavy atom. The normalized spacial score (nSPS) is 14.8. The van der Waals surface area contributed by atoms with Crippen LogP contribution in [0.15, 0.2) is 84.9 Å². The number of piperazine rings is 1. The van der Waals surface area contributed by atoms with Crippen molar-refractivity contribution in [3.05, 3.63) is 107 Å². The predicted molar refractivity (Wildman–Crippen MR) is 123 cm³/mol. The fraction of sp³-hybridized carbons (Fsp3) is 0.269. The summed E-state index contributed by atoms with van der Waals surface area (Å²) in [7, 11) is 0. The summed E-state index contributed by atoms with van der Waals surface area (Å²) >= 11 is 5.94. The van der Waals surface area contributed by atoms with Crippen LogP contribution in [0.25, 0.3) is 0 Å². The molecule has 4 heteroatoms. The van der Waals surface area contributed by atoms with Gasteiger partial charge in [0.2, 0.25) is 5.91 Å². The Bertz CT molecular complexity index is 896. The lowest BCUT2D eigenvalue weighted by Gasteiger charge is -2.40. The second-order valence-corrected chi connectivity index (χ2v) is 8.20. The lowest BCUT2D eigenvalue weighted by Crippen LogP contribution is -2.49. The van der Waals surface area contributed by atoms with Gasteiger partial charge in [0.1, 0.15) is 0 Å². The molecule has 0 N–H and O–H groups in total. The molecule has 3 aromatic rings. The van der Waals surface area contributed by atoms with Gasteiger partial charge < -0.3 is 4.90 Å². The second-order valence-electron chi connectivity index (χ2n) is 7.77. The first kappa shape index (κ1) is 20.6. The lowest BCUT2D eigenvalue weighted by molar-refractivity contribution is -0.133. The van der Waals surface area contributed by atoms with Gasteiger partial charge in [0, 0.05) is 37.6 Å². The molecule has 0 bridgehead atoms. The van der Waals surface area contributed by atoms with Crippen LogP contribution < -0.4 is 0 Å². The highest BCUT2D eigenvalue weighted by molar-refractivity contribution is 6.30. The third kappa shape index (κ3) is 5.10. The molecule has 0 saturated carbocycles. The fourth-order valence-electron chi connectivity index (χ4n) is 4.17. The van der Waals surface area contributed by atoms with Gasteiger partial charge in [-0.1, -0.05) is 84.4 Å². The third-order valence-electron chi connectivity index (χ3n) is 5.80. The molecular weight excluding hydrogens is 392 g/mol. The summed E-state index contributed by atoms with van der Waals surface area (Å²) in [5.74, 6) is 0.237. The summed E-state index contributed by atoms with van der Waals surface area (Å²) in [6, 6.07) is 29.3. The van der Waals surface area contributed by atoms with E-state index in [1.807, 2.05) is 29.2 Å². The molecule has 1 amide bonds. The fourth-order valence-corrected chi connectivity index (χ4v) is 4.30. The molecule has 0 spiro atoms. The van der Waals surface area contributed by atoms with E-state index >= 15 is 0 Å². The van der Waals surface area contributed by atoms with Gasteiger partial charge in [0.25, 0.3) is 0 Å². The van der Waals surface area contributed by atoms with E-state index < -0.39 is 0 Å². The van der Waals surface area contributed by atoms with Crippen LogP contribution in [0.3, 0.4) is 0 Å². The first-order valence-electron chi connectivity index (χ1n) is 10.6. The maximum absolute atomic E-state index is 12.7. The Balaban J connectivity index is 1.38. The number of amides is 1. The van der Waals surface area contributed by atoms with Crippen LogP contribution >= 0.6 is 11.6 Å². The highest BCUT2D eigenvalue weighted by Gasteiger charge is 2.27. The second kappa shape index (κ2) is 9.92. The minimum absolute atomic E-state index is 0.221. The number of nitrogens with zero attached hydrogens (tertiary/aromatic N) is 2. The Hall–Kier alpha value is -2.62. The monoisotopic (exact) mass is 418 g/mol. The number of hydrogen-bond donors (Lipinski definition) is 0. The average Bonchev–Trinajstić information content (AvgIpc) is 2.81. The maximum atomic E-state index is 12.7. The Morgan fingerprint density at radius 1 is 0.767 bits per heavy atom. The summed E-state index contributed by atoms with van der Waals surface area (Å²) in [6.07, 6.45) is 1.30. The molecule has 0 atom stereocenters. The van der Waals surface area contributed by atoms with Crippen LogP contribution in [0.5, 0.6) is 0 Å². The predicted octanol–water partition coefficient (Wildman–Crippen LogP) is 5.21. The first-order chi connectivity index (χ1) is 14.7. The summed E-state index contributed by atoms with van der Waals surface area (Å²) in [4.78, 5) is 17.2. The topological polar surface area (TPSA) is 23.6 Å². The zero-order valence-corrected chi connectivity index (χ0v) is 17.8. The number of carbonyl (C=O) groups excluding carboxylic acids is 1. The van der Waals surface area contributed by atoms with Crippen molar-refractivity contribution in [1.82, 2.24) is 9.80 Å². The molecule has 1 heterocycles. The minimum Gasteiger partial charge on any atom is -0.340 e. The average molecular weight is 419 g/mol. The van der Waals surface area contributed by atoms with Crippen molar-refractivity contribution in [2.45, 2.75) is 18.9 Å². The molecule has 1 fully saturated rings. The van der Waals surface area contributed by atoms with Crippen molar-refractivity contribution in [3.8, 4) is 0 Å². The van der Waals surface area contributed by atoms with Crippen molar-refractivity contribution in [2.24, 2.45) is 0 Å². The van der Waals surface area contributed by atoms with Crippen LogP contribution in [0.1, 0.15) is 29.2 Å². The summed E-state index contributed by atoms with van der Waals surface area (Å²) in [5.41, 5.74) is 3.75. The van der Waals surface area contributed by atoms with Crippen LogP contribution in [0.2, 0.25) is 5.02 Å². The molecule has 0 aromatic heterocycles. The van der Waals surface area contributed by atoms with E-state index in [1.54, 1.807) is 0 Å². The minimum atomic E-state index is 0.221. The van der Waals surface area contributed by atoms with Crippen molar-refractivity contribution in [3.63, 3.8) is 0 Å². The molecule has 0 aliphatic carbocycles. The summed E-state index contributed by atoms with van der Waals surface area (Å²) < 4.78 is 0. The molecular formula is C26H27ClN2O. The van der Waals surface area contributed by atoms with Gasteiger partial charge in [-0.15, -0.1) is 0 Å². The van der Waals surface area contributed by atoms with Gasteiger partial charge in [-0.2, -0.15) is 0 Å². The van der Waals surface area contributed by atoms with E-state index in [-0.39, 0.29) is 11.9 Å². The van der Waals surface area contributed by atoms with E-state index in [4.69, 9.17) is 11.6 Å². The van der Waals surface area contributed by atoms with E-state index in [1.165, 1.54) is 11.1 Å². The number of aryl methyl sites for hydroxylation is 1. The summed E-state index contributed by atoms with van der Waals surface area (Å²) in [5, 5.41) is 0.729.